The van der Waals surface area contributed by atoms with Crippen LogP contribution in [0, 0.1) is 35.5 Å². The van der Waals surface area contributed by atoms with Crippen LogP contribution < -0.4 is 9.64 Å². The van der Waals surface area contributed by atoms with Gasteiger partial charge in [0.15, 0.2) is 0 Å². The van der Waals surface area contributed by atoms with E-state index in [-0.39, 0.29) is 35.5 Å². The Bertz CT molecular complexity index is 1360. The summed E-state index contributed by atoms with van der Waals surface area (Å²) in [4.78, 5) is 41.0. The fourth-order valence-corrected chi connectivity index (χ4v) is 6.50. The molecule has 2 bridgehead atoms. The summed E-state index contributed by atoms with van der Waals surface area (Å²) in [5.74, 6) is 0.556. The highest BCUT2D eigenvalue weighted by Crippen LogP contribution is 2.65. The summed E-state index contributed by atoms with van der Waals surface area (Å²) in [5, 5.41) is 0. The fraction of sp³-hybridized carbons (Fsp3) is 0.233. The normalized spacial score (nSPS) is 29.7. The lowest BCUT2D eigenvalue weighted by Gasteiger charge is -2.37. The van der Waals surface area contributed by atoms with Gasteiger partial charge in [-0.05, 0) is 71.6 Å². The number of carbonyl (C=O) groups is 3. The SMILES string of the molecule is O=C(Oc1ccc(-c2ccccc2)cc1)c1cccc(N2C(=O)[C@@H]3[C@@H]4C=C[C@H]([C@H]5C[C@H]45)[C@@H]3C2=O)c1. The Kier molecular flexibility index (Phi) is 4.37. The quantitative estimate of drug-likeness (QED) is 0.234. The van der Waals surface area contributed by atoms with Crippen LogP contribution in [-0.2, 0) is 9.59 Å². The van der Waals surface area contributed by atoms with E-state index in [4.69, 9.17) is 4.74 Å². The van der Waals surface area contributed by atoms with Crippen LogP contribution >= 0.6 is 0 Å². The van der Waals surface area contributed by atoms with Crippen molar-refractivity contribution < 1.29 is 19.1 Å². The van der Waals surface area contributed by atoms with E-state index in [2.05, 4.69) is 12.2 Å². The molecule has 6 atom stereocenters. The molecule has 5 heteroatoms. The topological polar surface area (TPSA) is 63.7 Å². The smallest absolute Gasteiger partial charge is 0.343 e. The Morgan fingerprint density at radius 3 is 2.03 bits per heavy atom. The number of amides is 2. The van der Waals surface area contributed by atoms with E-state index >= 15 is 0 Å². The molecule has 0 aromatic heterocycles. The van der Waals surface area contributed by atoms with Crippen LogP contribution in [0.1, 0.15) is 16.8 Å². The van der Waals surface area contributed by atoms with Gasteiger partial charge in [0.1, 0.15) is 5.75 Å². The minimum Gasteiger partial charge on any atom is -0.423 e. The van der Waals surface area contributed by atoms with Crippen LogP contribution in [0.15, 0.2) is 91.0 Å². The molecule has 3 fully saturated rings. The maximum atomic E-state index is 13.4. The van der Waals surface area contributed by atoms with Crippen molar-refractivity contribution in [2.24, 2.45) is 35.5 Å². The van der Waals surface area contributed by atoms with Gasteiger partial charge in [-0.2, -0.15) is 0 Å². The first-order valence-electron chi connectivity index (χ1n) is 12.1. The molecule has 5 nitrogen and oxygen atoms in total. The Hall–Kier alpha value is -3.99. The van der Waals surface area contributed by atoms with Crippen LogP contribution in [0.2, 0.25) is 0 Å². The molecule has 0 unspecified atom stereocenters. The van der Waals surface area contributed by atoms with Gasteiger partial charge in [0.25, 0.3) is 0 Å². The van der Waals surface area contributed by atoms with Gasteiger partial charge in [0.2, 0.25) is 11.8 Å². The first kappa shape index (κ1) is 20.4. The van der Waals surface area contributed by atoms with Gasteiger partial charge in [-0.3, -0.25) is 9.59 Å². The Labute approximate surface area is 203 Å². The van der Waals surface area contributed by atoms with Crippen molar-refractivity contribution in [2.45, 2.75) is 6.42 Å². The predicted molar refractivity (Wildman–Crippen MR) is 130 cm³/mol. The lowest BCUT2D eigenvalue weighted by molar-refractivity contribution is -0.124. The van der Waals surface area contributed by atoms with Gasteiger partial charge in [-0.1, -0.05) is 60.7 Å². The van der Waals surface area contributed by atoms with Gasteiger partial charge in [-0.25, -0.2) is 9.69 Å². The molecule has 172 valence electrons. The van der Waals surface area contributed by atoms with Crippen LogP contribution in [0.5, 0.6) is 5.75 Å². The van der Waals surface area contributed by atoms with Crippen molar-refractivity contribution in [1.82, 2.24) is 0 Å². The molecule has 1 heterocycles. The molecular weight excluding hydrogens is 438 g/mol. The van der Waals surface area contributed by atoms with Crippen molar-refractivity contribution in [3.05, 3.63) is 96.6 Å². The zero-order valence-electron chi connectivity index (χ0n) is 18.9. The predicted octanol–water partition coefficient (Wildman–Crippen LogP) is 5.13. The van der Waals surface area contributed by atoms with E-state index < -0.39 is 5.97 Å². The van der Waals surface area contributed by atoms with Crippen LogP contribution in [0.4, 0.5) is 5.69 Å². The number of esters is 1. The van der Waals surface area contributed by atoms with E-state index in [9.17, 15) is 14.4 Å². The molecule has 8 rings (SSSR count). The van der Waals surface area contributed by atoms with Crippen molar-refractivity contribution in [1.29, 1.82) is 0 Å². The number of nitrogens with zero attached hydrogens (tertiary/aromatic N) is 1. The summed E-state index contributed by atoms with van der Waals surface area (Å²) in [6.45, 7) is 0. The molecular formula is C30H23NO4. The van der Waals surface area contributed by atoms with Gasteiger partial charge in [-0.15, -0.1) is 0 Å². The Morgan fingerprint density at radius 2 is 1.37 bits per heavy atom. The Balaban J connectivity index is 1.11. The van der Waals surface area contributed by atoms with Gasteiger partial charge in [0, 0.05) is 0 Å². The molecule has 3 aromatic rings. The van der Waals surface area contributed by atoms with Crippen molar-refractivity contribution >= 4 is 23.5 Å². The monoisotopic (exact) mass is 461 g/mol. The second-order valence-electron chi connectivity index (χ2n) is 10.00. The van der Waals surface area contributed by atoms with Gasteiger partial charge >= 0.3 is 5.97 Å². The molecule has 5 aliphatic rings. The third kappa shape index (κ3) is 3.11. The zero-order valence-corrected chi connectivity index (χ0v) is 18.9. The summed E-state index contributed by atoms with van der Waals surface area (Å²) in [7, 11) is 0. The fourth-order valence-electron chi connectivity index (χ4n) is 6.50. The van der Waals surface area contributed by atoms with Crippen LogP contribution in [0.3, 0.4) is 0 Å². The third-order valence-corrected chi connectivity index (χ3v) is 8.17. The number of rotatable bonds is 4. The number of hydrogen-bond donors (Lipinski definition) is 0. The first-order valence-corrected chi connectivity index (χ1v) is 12.1. The largest absolute Gasteiger partial charge is 0.423 e. The molecule has 0 spiro atoms. The number of anilines is 1. The number of hydrogen-bond acceptors (Lipinski definition) is 4. The lowest BCUT2D eigenvalue weighted by Crippen LogP contribution is -2.40. The summed E-state index contributed by atoms with van der Waals surface area (Å²) in [6.07, 6.45) is 5.45. The highest BCUT2D eigenvalue weighted by atomic mass is 16.5. The van der Waals surface area contributed by atoms with Crippen LogP contribution in [0.25, 0.3) is 11.1 Å². The molecule has 2 saturated carbocycles. The second kappa shape index (κ2) is 7.51. The summed E-state index contributed by atoms with van der Waals surface area (Å²) >= 11 is 0. The molecule has 2 amide bonds. The number of ether oxygens (including phenoxy) is 1. The number of allylic oxidation sites excluding steroid dienone is 2. The number of benzene rings is 3. The lowest BCUT2D eigenvalue weighted by atomic mass is 9.63. The highest BCUT2D eigenvalue weighted by molar-refractivity contribution is 6.23. The van der Waals surface area contributed by atoms with E-state index in [0.717, 1.165) is 17.5 Å². The highest BCUT2D eigenvalue weighted by Gasteiger charge is 2.67. The van der Waals surface area contributed by atoms with E-state index in [1.54, 1.807) is 36.4 Å². The number of carbonyl (C=O) groups excluding carboxylic acids is 3. The maximum Gasteiger partial charge on any atom is 0.343 e. The molecule has 4 aliphatic carbocycles. The van der Waals surface area contributed by atoms with Crippen molar-refractivity contribution in [3.63, 3.8) is 0 Å². The maximum absolute atomic E-state index is 13.4. The standard InChI is InChI=1S/C30H23NO4/c32-28-26-22-13-14-23(25-16-24(22)25)27(26)29(33)31(28)20-8-4-7-19(15-20)30(34)35-21-11-9-18(10-12-21)17-5-2-1-3-6-17/h1-15,22-27H,16H2/t22-,23-,24-,25-,26-,27+/m1/s1. The first-order chi connectivity index (χ1) is 17.1. The Morgan fingerprint density at radius 1 is 0.743 bits per heavy atom. The minimum absolute atomic E-state index is 0.133. The van der Waals surface area contributed by atoms with Crippen molar-refractivity contribution in [3.8, 4) is 16.9 Å². The molecule has 1 saturated heterocycles. The zero-order chi connectivity index (χ0) is 23.7. The second-order valence-corrected chi connectivity index (χ2v) is 10.00. The average molecular weight is 462 g/mol. The number of imide groups is 1. The molecule has 0 N–H and O–H groups in total. The van der Waals surface area contributed by atoms with Gasteiger partial charge in [0.05, 0.1) is 23.1 Å². The molecule has 35 heavy (non-hydrogen) atoms. The summed E-state index contributed by atoms with van der Waals surface area (Å²) in [5.41, 5.74) is 2.85. The molecule has 1 aliphatic heterocycles. The molecule has 3 aromatic carbocycles. The van der Waals surface area contributed by atoms with E-state index in [0.29, 0.717) is 28.8 Å². The van der Waals surface area contributed by atoms with Crippen molar-refractivity contribution in [2.75, 3.05) is 4.90 Å². The van der Waals surface area contributed by atoms with E-state index in [1.807, 2.05) is 42.5 Å². The third-order valence-electron chi connectivity index (χ3n) is 8.17. The van der Waals surface area contributed by atoms with E-state index in [1.165, 1.54) is 4.90 Å². The minimum atomic E-state index is -0.529. The average Bonchev–Trinajstić information content (AvgIpc) is 3.68. The summed E-state index contributed by atoms with van der Waals surface area (Å²) < 4.78 is 5.58. The van der Waals surface area contributed by atoms with Gasteiger partial charge < -0.3 is 4.74 Å². The molecule has 0 radical (unpaired) electrons. The summed E-state index contributed by atoms with van der Waals surface area (Å²) in [6, 6.07) is 23.9. The van der Waals surface area contributed by atoms with Crippen LogP contribution in [-0.4, -0.2) is 17.8 Å².